The summed E-state index contributed by atoms with van der Waals surface area (Å²) in [6.45, 7) is 29.1. The third-order valence-corrected chi connectivity index (χ3v) is 28.7. The molecule has 20 aliphatic heterocycles. The van der Waals surface area contributed by atoms with Crippen molar-refractivity contribution in [2.75, 3.05) is 19.3 Å². The van der Waals surface area contributed by atoms with Gasteiger partial charge >= 0.3 is 0 Å². The topological polar surface area (TPSA) is 329 Å². The smallest absolute Gasteiger partial charge is 0.261 e. The third-order valence-electron chi connectivity index (χ3n) is 28.7. The highest BCUT2D eigenvalue weighted by Crippen LogP contribution is 2.60. The van der Waals surface area contributed by atoms with Gasteiger partial charge in [-0.1, -0.05) is 54.0 Å². The van der Waals surface area contributed by atoms with E-state index >= 15 is 0 Å². The molecular weight excluding hydrogens is 1410 g/mol. The zero-order valence-corrected chi connectivity index (χ0v) is 65.2. The van der Waals surface area contributed by atoms with Crippen LogP contribution in [-0.4, -0.2) is 248 Å². The van der Waals surface area contributed by atoms with Gasteiger partial charge in [0.1, 0.15) is 78.2 Å². The molecule has 20 heterocycles. The van der Waals surface area contributed by atoms with Gasteiger partial charge in [-0.15, -0.1) is 0 Å². The van der Waals surface area contributed by atoms with Gasteiger partial charge in [0.15, 0.2) is 11.6 Å². The monoisotopic (exact) mass is 1540 g/mol. The molecule has 2 spiro atoms. The summed E-state index contributed by atoms with van der Waals surface area (Å²) in [4.78, 5) is 28.0. The molecule has 24 bridgehead atoms. The van der Waals surface area contributed by atoms with Crippen molar-refractivity contribution in [1.82, 2.24) is 0 Å². The number of aliphatic hydroxyl groups excluding tert-OH is 2. The van der Waals surface area contributed by atoms with Crippen LogP contribution in [0.5, 0.6) is 0 Å². The van der Waals surface area contributed by atoms with Crippen LogP contribution in [-0.2, 0) is 95.5 Å². The van der Waals surface area contributed by atoms with Crippen molar-refractivity contribution < 1.29 is 109 Å². The number of Topliss-reactive ketones (excluding diaryl/α,β-unsaturated/α-hetero) is 2. The maximum atomic E-state index is 14.0. The van der Waals surface area contributed by atoms with E-state index in [2.05, 4.69) is 60.9 Å². The number of hydrogen-bond donors (Lipinski definition) is 5. The average molecular weight is 1540 g/mol. The summed E-state index contributed by atoms with van der Waals surface area (Å²) in [5, 5.41) is 21.0. The van der Waals surface area contributed by atoms with E-state index in [1.54, 1.807) is 0 Å². The minimum absolute atomic E-state index is 0.00127. The van der Waals surface area contributed by atoms with Gasteiger partial charge in [-0.2, -0.15) is 8.42 Å². The van der Waals surface area contributed by atoms with E-state index in [0.717, 1.165) is 112 Å². The number of carbonyl (C=O) groups is 2. The van der Waals surface area contributed by atoms with Crippen molar-refractivity contribution >= 4 is 21.7 Å². The van der Waals surface area contributed by atoms with Gasteiger partial charge in [-0.25, -0.2) is 0 Å². The minimum Gasteiger partial charge on any atom is -0.392 e. The molecule has 0 saturated carbocycles. The van der Waals surface area contributed by atoms with Gasteiger partial charge in [0.05, 0.1) is 122 Å². The molecule has 20 aliphatic rings. The molecule has 0 radical (unpaired) electrons. The SMILES string of the molecule is C=C1C[C@@H]2CCC34C[C@@]5(C)OC6[C@@H](O3)[C@H]3O[C@H](CC[C@@H]3O[C@H]6[C@H]5O4)CC(=O)CC3[C@H](CC4O[C@@H](CCC1O2)C[C@@H](C)C4=C)O[C@H](C[C@H](O)CN)[C@@H]3C.C=C1C[C@@H]2CCC34C[C@H]5OC6[C@@H](O[C@H]7CC[C@H](CC(=O)CC8[C@H](CC9O[C@@H](CCC1O2)C[C@@H](C)C9=C)O[C@H](C[C@H](O)CN)[C@@H]8C)O[C@@H]7[C@@H]6O3)[C@H]5O4.CS(=O)(=O)O. The Morgan fingerprint density at radius 3 is 1.37 bits per heavy atom. The Morgan fingerprint density at radius 2 is 0.861 bits per heavy atom. The lowest BCUT2D eigenvalue weighted by Gasteiger charge is -2.47. The maximum Gasteiger partial charge on any atom is 0.261 e. The van der Waals surface area contributed by atoms with E-state index in [9.17, 15) is 28.2 Å². The first-order valence-corrected chi connectivity index (χ1v) is 43.4. The van der Waals surface area contributed by atoms with Crippen molar-refractivity contribution in [3.8, 4) is 0 Å². The molecule has 26 heteroatoms. The Balaban J connectivity index is 0.000000155. The van der Waals surface area contributed by atoms with E-state index in [-0.39, 0.29) is 213 Å². The zero-order chi connectivity index (χ0) is 75.8. The number of ketones is 2. The van der Waals surface area contributed by atoms with Crippen LogP contribution in [0.1, 0.15) is 202 Å². The normalized spacial score (nSPS) is 51.6. The lowest BCUT2D eigenvalue weighted by Crippen LogP contribution is -2.61. The van der Waals surface area contributed by atoms with Gasteiger partial charge in [0.25, 0.3) is 10.1 Å². The number of nitrogens with two attached hydrogens (primary N) is 2. The summed E-state index contributed by atoms with van der Waals surface area (Å²) < 4.78 is 134. The highest BCUT2D eigenvalue weighted by atomic mass is 32.2. The maximum absolute atomic E-state index is 14.0. The molecule has 20 fully saturated rings. The summed E-state index contributed by atoms with van der Waals surface area (Å²) in [5.41, 5.74) is 15.6. The quantitative estimate of drug-likeness (QED) is 0.124. The van der Waals surface area contributed by atoms with Gasteiger partial charge in [0.2, 0.25) is 0 Å². The minimum atomic E-state index is -3.67. The van der Waals surface area contributed by atoms with Gasteiger partial charge in [-0.05, 0) is 155 Å². The number of fused-ring (bicyclic) bond motifs is 12. The molecule has 25 nitrogen and oxygen atoms in total. The molecule has 0 aromatic rings. The van der Waals surface area contributed by atoms with Crippen LogP contribution in [0.2, 0.25) is 0 Å². The van der Waals surface area contributed by atoms with Gasteiger partial charge in [0, 0.05) is 90.1 Å². The lowest BCUT2D eigenvalue weighted by molar-refractivity contribution is -0.294. The van der Waals surface area contributed by atoms with Crippen molar-refractivity contribution in [3.05, 3.63) is 48.6 Å². The molecular formula is C82H124N2O23S. The fourth-order valence-corrected chi connectivity index (χ4v) is 23.0. The largest absolute Gasteiger partial charge is 0.392 e. The fourth-order valence-electron chi connectivity index (χ4n) is 23.0. The Kier molecular flexibility index (Phi) is 23.1. The van der Waals surface area contributed by atoms with Crippen LogP contribution in [0, 0.1) is 35.5 Å². The second kappa shape index (κ2) is 31.5. The summed E-state index contributed by atoms with van der Waals surface area (Å²) >= 11 is 0. The first-order valence-electron chi connectivity index (χ1n) is 41.5. The van der Waals surface area contributed by atoms with Crippen LogP contribution in [0.4, 0.5) is 0 Å². The van der Waals surface area contributed by atoms with Crippen molar-refractivity contribution in [1.29, 1.82) is 0 Å². The van der Waals surface area contributed by atoms with E-state index in [0.29, 0.717) is 95.1 Å². The molecule has 606 valence electrons. The number of carbonyl (C=O) groups excluding carboxylic acids is 2. The van der Waals surface area contributed by atoms with Crippen LogP contribution < -0.4 is 11.5 Å². The number of ether oxygens (including phenoxy) is 16. The Labute approximate surface area is 637 Å². The molecule has 0 amide bonds. The van der Waals surface area contributed by atoms with Crippen molar-refractivity contribution in [3.63, 3.8) is 0 Å². The Bertz CT molecular complexity index is 3430. The molecule has 7 N–H and O–H groups in total. The molecule has 0 aromatic carbocycles. The molecule has 0 aliphatic carbocycles. The van der Waals surface area contributed by atoms with Crippen molar-refractivity contribution in [2.45, 2.75) is 396 Å². The zero-order valence-electron chi connectivity index (χ0n) is 64.4. The van der Waals surface area contributed by atoms with Crippen molar-refractivity contribution in [2.24, 2.45) is 47.0 Å². The van der Waals surface area contributed by atoms with Crippen LogP contribution in [0.3, 0.4) is 0 Å². The number of aliphatic hydroxyl groups is 2. The fraction of sp³-hybridized carbons (Fsp3) is 0.878. The molecule has 20 rings (SSSR count). The average Bonchev–Trinajstić information content (AvgIpc) is 1.54. The van der Waals surface area contributed by atoms with Crippen LogP contribution >= 0.6 is 0 Å². The molecule has 38 atom stereocenters. The Morgan fingerprint density at radius 1 is 0.444 bits per heavy atom. The van der Waals surface area contributed by atoms with Crippen LogP contribution in [0.15, 0.2) is 48.6 Å². The third kappa shape index (κ3) is 16.1. The van der Waals surface area contributed by atoms with Gasteiger partial charge in [-0.3, -0.25) is 14.1 Å². The second-order valence-corrected chi connectivity index (χ2v) is 38.1. The highest BCUT2D eigenvalue weighted by Gasteiger charge is 2.74. The molecule has 0 aromatic heterocycles. The Hall–Kier alpha value is -2.59. The first kappa shape index (κ1) is 79.3. The van der Waals surface area contributed by atoms with E-state index in [1.165, 1.54) is 0 Å². The van der Waals surface area contributed by atoms with Gasteiger partial charge < -0.3 is 97.5 Å². The van der Waals surface area contributed by atoms with E-state index in [4.69, 9.17) is 91.8 Å². The molecule has 10 unspecified atom stereocenters. The summed E-state index contributed by atoms with van der Waals surface area (Å²) in [5.74, 6) is -0.494. The standard InChI is InChI=1S/C41H61NO10.C40H59NO10.CH4O3S/c1-20-12-26-6-8-30-21(2)13-28(45-30)10-11-41-19-40(5)39(52-41)38-37(50-40)36(51-41)35-31(49-38)9-7-27(47-35)14-24(43)15-29-23(4)32(16-25(44)18-42)48-34(29)17-33(46-26)22(20)3;1-19-11-25-5-7-29-20(2)12-27(44-29)9-10-40-17-34-36(50-40)37-38(49-34)39(51-40)35-30(48-37)8-6-26(46-35)13-23(42)14-28-22(4)31(15-24(43)18-41)47-33(28)16-32(45-25)21(19)3;1-5(2,3)4/h20,23,25-39,44H,2-3,6-19,42H2,1,4-5H3;19,22,24-39,43H,2-3,5-18,41H2,1,4H3;1H3,(H,2,3,4)/t20-,23-,25+,26+,27-,28+,29?,30?,31+,32-,33?,34+,35+,36+,37?,38-,39-,40-,41?;19-,22-,24+,25+,26-,27+,28?,29?,30+,31-,32?,33+,34-,35+,36+,37+,38?,39+,40?;/m11./s1. The predicted octanol–water partition coefficient (Wildman–Crippen LogP) is 8.01. The van der Waals surface area contributed by atoms with Crippen LogP contribution in [0.25, 0.3) is 0 Å². The van der Waals surface area contributed by atoms with E-state index < -0.39 is 39.5 Å². The summed E-state index contributed by atoms with van der Waals surface area (Å²) in [6.07, 6.45) is 13.3. The van der Waals surface area contributed by atoms with E-state index in [1.807, 2.05) is 0 Å². The second-order valence-electron chi connectivity index (χ2n) is 36.6. The predicted molar refractivity (Wildman–Crippen MR) is 391 cm³/mol. The molecule has 108 heavy (non-hydrogen) atoms. The summed E-state index contributed by atoms with van der Waals surface area (Å²) in [6, 6.07) is 0. The molecule has 20 saturated heterocycles. The highest BCUT2D eigenvalue weighted by molar-refractivity contribution is 7.85. The number of hydrogen-bond acceptors (Lipinski definition) is 24. The first-order chi connectivity index (χ1) is 51.5. The number of rotatable bonds is 6. The summed E-state index contributed by atoms with van der Waals surface area (Å²) in [7, 11) is -3.67. The lowest BCUT2D eigenvalue weighted by atomic mass is 9.78.